The van der Waals surface area contributed by atoms with Crippen LogP contribution in [0.2, 0.25) is 5.02 Å². The minimum absolute atomic E-state index is 0.104. The number of nitrogens with one attached hydrogen (secondary N) is 1. The van der Waals surface area contributed by atoms with Crippen LogP contribution in [-0.2, 0) is 19.1 Å². The van der Waals surface area contributed by atoms with Crippen LogP contribution in [0.25, 0.3) is 10.9 Å². The molecule has 1 amide bonds. The number of alkyl halides is 3. The normalized spacial score (nSPS) is 13.6. The highest BCUT2D eigenvalue weighted by molar-refractivity contribution is 6.30. The highest BCUT2D eigenvalue weighted by Gasteiger charge is 2.34. The summed E-state index contributed by atoms with van der Waals surface area (Å²) in [4.78, 5) is 25.5. The lowest BCUT2D eigenvalue weighted by Gasteiger charge is -2.21. The van der Waals surface area contributed by atoms with E-state index in [1.807, 2.05) is 10.6 Å². The first-order chi connectivity index (χ1) is 13.3. The summed E-state index contributed by atoms with van der Waals surface area (Å²) in [5, 5.41) is 2.50. The molecule has 2 heterocycles. The second kappa shape index (κ2) is 6.67. The lowest BCUT2D eigenvalue weighted by molar-refractivity contribution is -0.136. The molecule has 0 bridgehead atoms. The number of carbonyl (C=O) groups is 1. The van der Waals surface area contributed by atoms with Gasteiger partial charge < -0.3 is 9.88 Å². The zero-order valence-corrected chi connectivity index (χ0v) is 15.2. The van der Waals surface area contributed by atoms with Gasteiger partial charge in [0.05, 0.1) is 16.8 Å². The molecule has 4 nitrogen and oxygen atoms in total. The van der Waals surface area contributed by atoms with E-state index in [9.17, 15) is 22.8 Å². The molecular formula is C20H14ClF3N2O2. The molecule has 8 heteroatoms. The number of hydrogen-bond acceptors (Lipinski definition) is 2. The van der Waals surface area contributed by atoms with Crippen molar-refractivity contribution in [3.63, 3.8) is 0 Å². The minimum atomic E-state index is -4.70. The maximum Gasteiger partial charge on any atom is 0.418 e. The molecule has 1 aliphatic heterocycles. The molecule has 0 fully saturated rings. The highest BCUT2D eigenvalue weighted by Crippen LogP contribution is 2.36. The fraction of sp³-hybridized carbons (Fsp3) is 0.200. The molecule has 0 saturated carbocycles. The van der Waals surface area contributed by atoms with Crippen LogP contribution < -0.4 is 10.7 Å². The lowest BCUT2D eigenvalue weighted by atomic mass is 9.99. The Balaban J connectivity index is 1.80. The number of nitrogens with zero attached hydrogens (tertiary/aromatic N) is 1. The average Bonchev–Trinajstić information content (AvgIpc) is 2.65. The smallest absolute Gasteiger partial charge is 0.346 e. The monoisotopic (exact) mass is 406 g/mol. The van der Waals surface area contributed by atoms with E-state index >= 15 is 0 Å². The molecule has 2 aromatic carbocycles. The van der Waals surface area contributed by atoms with E-state index in [0.29, 0.717) is 11.9 Å². The van der Waals surface area contributed by atoms with Crippen LogP contribution in [0.1, 0.15) is 27.9 Å². The lowest BCUT2D eigenvalue weighted by Crippen LogP contribution is -2.26. The summed E-state index contributed by atoms with van der Waals surface area (Å²) in [5.74, 6) is -0.889. The molecule has 1 aliphatic rings. The Labute approximate surface area is 162 Å². The van der Waals surface area contributed by atoms with Crippen molar-refractivity contribution in [1.29, 1.82) is 0 Å². The van der Waals surface area contributed by atoms with E-state index < -0.39 is 28.8 Å². The van der Waals surface area contributed by atoms with Gasteiger partial charge in [0, 0.05) is 23.2 Å². The second-order valence-corrected chi connectivity index (χ2v) is 7.06. The molecule has 1 N–H and O–H groups in total. The van der Waals surface area contributed by atoms with Gasteiger partial charge in [0.1, 0.15) is 5.56 Å². The van der Waals surface area contributed by atoms with Gasteiger partial charge in [-0.05, 0) is 42.7 Å². The molecule has 144 valence electrons. The fourth-order valence-corrected chi connectivity index (χ4v) is 3.74. The van der Waals surface area contributed by atoms with Crippen molar-refractivity contribution in [2.24, 2.45) is 0 Å². The quantitative estimate of drug-likeness (QED) is 0.660. The molecule has 0 unspecified atom stereocenters. The highest BCUT2D eigenvalue weighted by atomic mass is 35.5. The van der Waals surface area contributed by atoms with E-state index in [-0.39, 0.29) is 10.6 Å². The molecule has 0 aliphatic carbocycles. The molecular weight excluding hydrogens is 393 g/mol. The van der Waals surface area contributed by atoms with E-state index in [0.717, 1.165) is 36.1 Å². The molecule has 0 radical (unpaired) electrons. The van der Waals surface area contributed by atoms with E-state index in [1.54, 1.807) is 12.1 Å². The van der Waals surface area contributed by atoms with Gasteiger partial charge in [-0.1, -0.05) is 23.7 Å². The van der Waals surface area contributed by atoms with Crippen LogP contribution in [0.15, 0.2) is 47.4 Å². The van der Waals surface area contributed by atoms with Gasteiger partial charge in [-0.2, -0.15) is 13.2 Å². The number of benzene rings is 2. The summed E-state index contributed by atoms with van der Waals surface area (Å²) in [6, 6.07) is 8.36. The molecule has 0 spiro atoms. The van der Waals surface area contributed by atoms with Crippen LogP contribution in [0.4, 0.5) is 18.9 Å². The van der Waals surface area contributed by atoms with Gasteiger partial charge in [-0.25, -0.2) is 0 Å². The first-order valence-electron chi connectivity index (χ1n) is 8.59. The molecule has 3 aromatic rings. The van der Waals surface area contributed by atoms with Gasteiger partial charge in [-0.15, -0.1) is 0 Å². The van der Waals surface area contributed by atoms with Crippen molar-refractivity contribution in [3.05, 3.63) is 74.5 Å². The molecule has 1 aromatic heterocycles. The number of anilines is 1. The topological polar surface area (TPSA) is 51.1 Å². The summed E-state index contributed by atoms with van der Waals surface area (Å²) in [6.45, 7) is 0.628. The largest absolute Gasteiger partial charge is 0.418 e. The van der Waals surface area contributed by atoms with Gasteiger partial charge in [0.15, 0.2) is 0 Å². The first kappa shape index (κ1) is 18.6. The van der Waals surface area contributed by atoms with Gasteiger partial charge >= 0.3 is 6.18 Å². The second-order valence-electron chi connectivity index (χ2n) is 6.62. The Morgan fingerprint density at radius 1 is 1.18 bits per heavy atom. The molecule has 28 heavy (non-hydrogen) atoms. The van der Waals surface area contributed by atoms with Crippen LogP contribution in [0.5, 0.6) is 0 Å². The zero-order chi connectivity index (χ0) is 20.1. The summed E-state index contributed by atoms with van der Waals surface area (Å²) in [5.41, 5.74) is -0.432. The number of hydrogen-bond donors (Lipinski definition) is 1. The van der Waals surface area contributed by atoms with E-state index in [1.165, 1.54) is 12.3 Å². The van der Waals surface area contributed by atoms with Crippen LogP contribution in [-0.4, -0.2) is 10.5 Å². The average molecular weight is 407 g/mol. The predicted octanol–water partition coefficient (Wildman–Crippen LogP) is 4.87. The third-order valence-corrected chi connectivity index (χ3v) is 5.04. The SMILES string of the molecule is O=C(Nc1ccc(Cl)cc1C(F)(F)F)c1cn2c3c(cccc3c1=O)CCC2. The summed E-state index contributed by atoms with van der Waals surface area (Å²) >= 11 is 5.66. The maximum atomic E-state index is 13.3. The zero-order valence-electron chi connectivity index (χ0n) is 14.4. The van der Waals surface area contributed by atoms with Gasteiger partial charge in [0.2, 0.25) is 5.43 Å². The number of para-hydroxylation sites is 1. The van der Waals surface area contributed by atoms with Crippen molar-refractivity contribution in [3.8, 4) is 0 Å². The van der Waals surface area contributed by atoms with Gasteiger partial charge in [-0.3, -0.25) is 9.59 Å². The predicted molar refractivity (Wildman–Crippen MR) is 101 cm³/mol. The third-order valence-electron chi connectivity index (χ3n) is 4.81. The number of carbonyl (C=O) groups excluding carboxylic acids is 1. The van der Waals surface area contributed by atoms with Gasteiger partial charge in [0.25, 0.3) is 5.91 Å². The Morgan fingerprint density at radius 2 is 1.96 bits per heavy atom. The summed E-state index contributed by atoms with van der Waals surface area (Å²) in [6.07, 6.45) is -1.59. The molecule has 0 saturated heterocycles. The number of rotatable bonds is 2. The Morgan fingerprint density at radius 3 is 2.71 bits per heavy atom. The van der Waals surface area contributed by atoms with Crippen LogP contribution in [0, 0.1) is 0 Å². The number of aryl methyl sites for hydroxylation is 2. The third kappa shape index (κ3) is 3.16. The minimum Gasteiger partial charge on any atom is -0.346 e. The first-order valence-corrected chi connectivity index (χ1v) is 8.96. The Bertz CT molecular complexity index is 1170. The van der Waals surface area contributed by atoms with Crippen molar-refractivity contribution in [2.45, 2.75) is 25.6 Å². The summed E-state index contributed by atoms with van der Waals surface area (Å²) < 4.78 is 41.6. The standard InChI is InChI=1S/C20H14ClF3N2O2/c21-12-6-7-16(15(9-12)20(22,23)24)25-19(28)14-10-26-8-2-4-11-3-1-5-13(17(11)26)18(14)27/h1,3,5-7,9-10H,2,4,8H2,(H,25,28). The number of halogens is 4. The van der Waals surface area contributed by atoms with E-state index in [2.05, 4.69) is 5.32 Å². The number of amides is 1. The number of aromatic nitrogens is 1. The molecule has 4 rings (SSSR count). The van der Waals surface area contributed by atoms with Crippen molar-refractivity contribution < 1.29 is 18.0 Å². The van der Waals surface area contributed by atoms with Crippen molar-refractivity contribution in [1.82, 2.24) is 4.57 Å². The Kier molecular flexibility index (Phi) is 4.42. The maximum absolute atomic E-state index is 13.3. The molecule has 0 atom stereocenters. The van der Waals surface area contributed by atoms with E-state index in [4.69, 9.17) is 11.6 Å². The van der Waals surface area contributed by atoms with Crippen LogP contribution in [0.3, 0.4) is 0 Å². The summed E-state index contributed by atoms with van der Waals surface area (Å²) in [7, 11) is 0. The van der Waals surface area contributed by atoms with Crippen molar-refractivity contribution in [2.75, 3.05) is 5.32 Å². The van der Waals surface area contributed by atoms with Crippen LogP contribution >= 0.6 is 11.6 Å². The Hall–Kier alpha value is -2.80. The fourth-order valence-electron chi connectivity index (χ4n) is 3.57. The number of pyridine rings is 1. The van der Waals surface area contributed by atoms with Crippen molar-refractivity contribution >= 4 is 34.1 Å².